The Kier molecular flexibility index (Phi) is 3.58. The Balaban J connectivity index is 1.84. The minimum Gasteiger partial charge on any atom is -0.398 e. The molecule has 3 rings (SSSR count). The molecule has 6 nitrogen and oxygen atoms in total. The number of tetrazole rings is 1. The van der Waals surface area contributed by atoms with Crippen molar-refractivity contribution in [3.05, 3.63) is 23.2 Å². The zero-order valence-corrected chi connectivity index (χ0v) is 11.9. The predicted molar refractivity (Wildman–Crippen MR) is 76.4 cm³/mol. The Morgan fingerprint density at radius 1 is 1.45 bits per heavy atom. The van der Waals surface area contributed by atoms with E-state index in [1.165, 1.54) is 0 Å². The normalized spacial score (nSPS) is 21.7. The first kappa shape index (κ1) is 13.3. The highest BCUT2D eigenvalue weighted by molar-refractivity contribution is 6.31. The molecule has 0 saturated heterocycles. The van der Waals surface area contributed by atoms with E-state index in [1.807, 2.05) is 17.7 Å². The van der Waals surface area contributed by atoms with Crippen LogP contribution in [0.15, 0.2) is 18.2 Å². The molecule has 0 amide bonds. The van der Waals surface area contributed by atoms with E-state index in [0.717, 1.165) is 25.0 Å². The van der Waals surface area contributed by atoms with Gasteiger partial charge >= 0.3 is 0 Å². The van der Waals surface area contributed by atoms with Gasteiger partial charge in [0.1, 0.15) is 0 Å². The maximum Gasteiger partial charge on any atom is 0.184 e. The van der Waals surface area contributed by atoms with Crippen molar-refractivity contribution < 1.29 is 4.74 Å². The van der Waals surface area contributed by atoms with Gasteiger partial charge in [-0.3, -0.25) is 0 Å². The van der Waals surface area contributed by atoms with E-state index < -0.39 is 0 Å². The Morgan fingerprint density at radius 2 is 2.25 bits per heavy atom. The molecule has 2 aromatic rings. The summed E-state index contributed by atoms with van der Waals surface area (Å²) >= 11 is 5.92. The quantitative estimate of drug-likeness (QED) is 0.875. The second-order valence-electron chi connectivity index (χ2n) is 4.88. The number of benzene rings is 1. The molecule has 0 aliphatic heterocycles. The van der Waals surface area contributed by atoms with Crippen LogP contribution in [-0.4, -0.2) is 32.9 Å². The van der Waals surface area contributed by atoms with E-state index in [0.29, 0.717) is 22.6 Å². The topological polar surface area (TPSA) is 78.8 Å². The summed E-state index contributed by atoms with van der Waals surface area (Å²) in [5.74, 6) is 0.680. The second-order valence-corrected chi connectivity index (χ2v) is 5.32. The van der Waals surface area contributed by atoms with E-state index in [4.69, 9.17) is 22.1 Å². The minimum absolute atomic E-state index is 0.270. The van der Waals surface area contributed by atoms with Crippen molar-refractivity contribution in [1.29, 1.82) is 0 Å². The third-order valence-electron chi connectivity index (χ3n) is 3.57. The molecule has 20 heavy (non-hydrogen) atoms. The van der Waals surface area contributed by atoms with Crippen LogP contribution < -0.4 is 5.73 Å². The lowest BCUT2D eigenvalue weighted by Crippen LogP contribution is -2.34. The van der Waals surface area contributed by atoms with Gasteiger partial charge in [-0.05, 0) is 48.4 Å². The molecule has 7 heteroatoms. The molecule has 1 heterocycles. The summed E-state index contributed by atoms with van der Waals surface area (Å²) in [6, 6.07) is 5.61. The van der Waals surface area contributed by atoms with Gasteiger partial charge in [0.25, 0.3) is 0 Å². The first-order valence-electron chi connectivity index (χ1n) is 6.64. The second kappa shape index (κ2) is 5.38. The van der Waals surface area contributed by atoms with Crippen LogP contribution in [0.3, 0.4) is 0 Å². The molecular weight excluding hydrogens is 278 g/mol. The maximum atomic E-state index is 6.00. The highest BCUT2D eigenvalue weighted by atomic mass is 35.5. The minimum atomic E-state index is 0.270. The van der Waals surface area contributed by atoms with Crippen LogP contribution in [0.1, 0.15) is 25.8 Å². The molecule has 2 N–H and O–H groups in total. The molecule has 1 aromatic carbocycles. The van der Waals surface area contributed by atoms with E-state index >= 15 is 0 Å². The van der Waals surface area contributed by atoms with Crippen molar-refractivity contribution in [2.45, 2.75) is 31.9 Å². The third kappa shape index (κ3) is 2.36. The SMILES string of the molecule is CCOC1CC(n2nnnc2-c2ccc(Cl)cc2N)C1. The molecule has 1 aliphatic carbocycles. The van der Waals surface area contributed by atoms with Crippen molar-refractivity contribution in [3.8, 4) is 11.4 Å². The molecule has 1 aromatic heterocycles. The van der Waals surface area contributed by atoms with Crippen LogP contribution in [0.5, 0.6) is 0 Å². The molecule has 0 unspecified atom stereocenters. The molecule has 0 bridgehead atoms. The Bertz CT molecular complexity index is 609. The summed E-state index contributed by atoms with van der Waals surface area (Å²) in [5, 5.41) is 12.5. The molecule has 0 spiro atoms. The van der Waals surface area contributed by atoms with Crippen molar-refractivity contribution in [3.63, 3.8) is 0 Å². The zero-order chi connectivity index (χ0) is 14.1. The van der Waals surface area contributed by atoms with Crippen LogP contribution in [0.2, 0.25) is 5.02 Å². The maximum absolute atomic E-state index is 6.00. The monoisotopic (exact) mass is 293 g/mol. The van der Waals surface area contributed by atoms with Crippen molar-refractivity contribution >= 4 is 17.3 Å². The first-order valence-corrected chi connectivity index (χ1v) is 7.01. The van der Waals surface area contributed by atoms with Gasteiger partial charge in [-0.2, -0.15) is 0 Å². The number of nitrogen functional groups attached to an aromatic ring is 1. The smallest absolute Gasteiger partial charge is 0.184 e. The van der Waals surface area contributed by atoms with Crippen molar-refractivity contribution in [2.75, 3.05) is 12.3 Å². The number of nitrogens with zero attached hydrogens (tertiary/aromatic N) is 4. The molecule has 1 fully saturated rings. The fourth-order valence-electron chi connectivity index (χ4n) is 2.46. The van der Waals surface area contributed by atoms with Crippen LogP contribution in [0.25, 0.3) is 11.4 Å². The van der Waals surface area contributed by atoms with Crippen LogP contribution in [0, 0.1) is 0 Å². The van der Waals surface area contributed by atoms with Crippen LogP contribution in [-0.2, 0) is 4.74 Å². The predicted octanol–water partition coefficient (Wildman–Crippen LogP) is 2.32. The molecule has 106 valence electrons. The van der Waals surface area contributed by atoms with Gasteiger partial charge in [0.15, 0.2) is 5.82 Å². The van der Waals surface area contributed by atoms with Gasteiger partial charge in [0.2, 0.25) is 0 Å². The number of hydrogen-bond donors (Lipinski definition) is 1. The summed E-state index contributed by atoms with van der Waals surface area (Å²) in [6.45, 7) is 2.74. The average molecular weight is 294 g/mol. The standard InChI is InChI=1S/C13H16ClN5O/c1-2-20-10-6-9(7-10)19-13(16-17-18-19)11-4-3-8(14)5-12(11)15/h3-5,9-10H,2,6-7,15H2,1H3. The van der Waals surface area contributed by atoms with Gasteiger partial charge in [-0.25, -0.2) is 4.68 Å². The van der Waals surface area contributed by atoms with E-state index in [2.05, 4.69) is 15.5 Å². The number of anilines is 1. The highest BCUT2D eigenvalue weighted by Crippen LogP contribution is 2.37. The number of ether oxygens (including phenoxy) is 1. The summed E-state index contributed by atoms with van der Waals surface area (Å²) in [7, 11) is 0. The lowest BCUT2D eigenvalue weighted by atomic mass is 9.89. The number of nitrogens with two attached hydrogens (primary N) is 1. The fourth-order valence-corrected chi connectivity index (χ4v) is 2.64. The van der Waals surface area contributed by atoms with Crippen LogP contribution in [0.4, 0.5) is 5.69 Å². The number of aromatic nitrogens is 4. The summed E-state index contributed by atoms with van der Waals surface area (Å²) in [6.07, 6.45) is 2.17. The van der Waals surface area contributed by atoms with E-state index in [1.54, 1.807) is 12.1 Å². The average Bonchev–Trinajstić information content (AvgIpc) is 2.82. The lowest BCUT2D eigenvalue weighted by Gasteiger charge is -2.34. The summed E-state index contributed by atoms with van der Waals surface area (Å²) in [4.78, 5) is 0. The Labute approximate surface area is 121 Å². The lowest BCUT2D eigenvalue weighted by molar-refractivity contribution is -0.0227. The fraction of sp³-hybridized carbons (Fsp3) is 0.462. The van der Waals surface area contributed by atoms with Gasteiger partial charge in [-0.15, -0.1) is 5.10 Å². The first-order chi connectivity index (χ1) is 9.69. The molecule has 1 aliphatic rings. The number of rotatable bonds is 4. The molecule has 0 radical (unpaired) electrons. The van der Waals surface area contributed by atoms with Crippen LogP contribution >= 0.6 is 11.6 Å². The molecule has 0 atom stereocenters. The third-order valence-corrected chi connectivity index (χ3v) is 3.80. The van der Waals surface area contributed by atoms with Gasteiger partial charge < -0.3 is 10.5 Å². The number of hydrogen-bond acceptors (Lipinski definition) is 5. The Morgan fingerprint density at radius 3 is 2.95 bits per heavy atom. The number of halogens is 1. The van der Waals surface area contributed by atoms with E-state index in [9.17, 15) is 0 Å². The van der Waals surface area contributed by atoms with Gasteiger partial charge in [-0.1, -0.05) is 11.6 Å². The zero-order valence-electron chi connectivity index (χ0n) is 11.2. The van der Waals surface area contributed by atoms with Gasteiger partial charge in [0, 0.05) is 22.9 Å². The van der Waals surface area contributed by atoms with Gasteiger partial charge in [0.05, 0.1) is 12.1 Å². The van der Waals surface area contributed by atoms with Crippen molar-refractivity contribution in [2.24, 2.45) is 0 Å². The Hall–Kier alpha value is -1.66. The molecular formula is C13H16ClN5O. The summed E-state index contributed by atoms with van der Waals surface area (Å²) in [5.41, 5.74) is 7.38. The van der Waals surface area contributed by atoms with E-state index in [-0.39, 0.29) is 6.04 Å². The summed E-state index contributed by atoms with van der Waals surface area (Å²) < 4.78 is 7.40. The highest BCUT2D eigenvalue weighted by Gasteiger charge is 2.33. The molecule has 1 saturated carbocycles. The largest absolute Gasteiger partial charge is 0.398 e. The van der Waals surface area contributed by atoms with Crippen molar-refractivity contribution in [1.82, 2.24) is 20.2 Å².